The molecule has 1 N–H and O–H groups in total. The summed E-state index contributed by atoms with van der Waals surface area (Å²) in [5.41, 5.74) is 1.98. The normalized spacial score (nSPS) is 12.4. The van der Waals surface area contributed by atoms with Crippen LogP contribution < -0.4 is 5.32 Å². The predicted octanol–water partition coefficient (Wildman–Crippen LogP) is 2.48. The number of rotatable bonds is 6. The molecule has 120 valence electrons. The quantitative estimate of drug-likeness (QED) is 0.271. The predicted molar refractivity (Wildman–Crippen MR) is 98.7 cm³/mol. The summed E-state index contributed by atoms with van der Waals surface area (Å²) in [6, 6.07) is 14.1. The fraction of sp³-hybridized carbons (Fsp3) is 0.125. The topological polar surface area (TPSA) is 63.2 Å². The Morgan fingerprint density at radius 3 is 2.43 bits per heavy atom. The highest BCUT2D eigenvalue weighted by atomic mass is 32.2. The summed E-state index contributed by atoms with van der Waals surface area (Å²) in [6.45, 7) is 0. The lowest BCUT2D eigenvalue weighted by Gasteiger charge is -2.15. The minimum atomic E-state index is -3.39. The van der Waals surface area contributed by atoms with Crippen LogP contribution in [-0.2, 0) is 14.6 Å². The van der Waals surface area contributed by atoms with Gasteiger partial charge in [0, 0.05) is 11.8 Å². The molecule has 0 aliphatic carbocycles. The average Bonchev–Trinajstić information content (AvgIpc) is 2.54. The number of thiocarbonyl (C=S) groups is 1. The van der Waals surface area contributed by atoms with Gasteiger partial charge in [-0.25, -0.2) is 8.42 Å². The maximum absolute atomic E-state index is 12.0. The lowest BCUT2D eigenvalue weighted by Crippen LogP contribution is -2.30. The van der Waals surface area contributed by atoms with E-state index in [1.54, 1.807) is 12.1 Å². The van der Waals surface area contributed by atoms with Crippen molar-refractivity contribution in [2.45, 2.75) is 10.3 Å². The van der Waals surface area contributed by atoms with Gasteiger partial charge in [-0.1, -0.05) is 48.6 Å². The van der Waals surface area contributed by atoms with Crippen molar-refractivity contribution in [2.75, 3.05) is 6.26 Å². The van der Waals surface area contributed by atoms with Gasteiger partial charge in [-0.05, 0) is 23.3 Å². The van der Waals surface area contributed by atoms with E-state index in [-0.39, 0.29) is 4.90 Å². The van der Waals surface area contributed by atoms with Crippen LogP contribution in [0.15, 0.2) is 53.4 Å². The number of sulfone groups is 1. The highest BCUT2D eigenvalue weighted by Crippen LogP contribution is 2.29. The zero-order chi connectivity index (χ0) is 17.0. The number of carbonyl (C=O) groups excluding carboxylic acids is 1. The van der Waals surface area contributed by atoms with Crippen LogP contribution in [0.25, 0.3) is 11.1 Å². The molecule has 0 heterocycles. The number of hydrogen-bond donors (Lipinski definition) is 2. The van der Waals surface area contributed by atoms with Gasteiger partial charge in [0.15, 0.2) is 9.84 Å². The van der Waals surface area contributed by atoms with Crippen LogP contribution >= 0.6 is 24.8 Å². The van der Waals surface area contributed by atoms with Gasteiger partial charge in [0.25, 0.3) is 0 Å². The summed E-state index contributed by atoms with van der Waals surface area (Å²) in [5, 5.41) is 1.86. The minimum Gasteiger partial charge on any atom is -0.342 e. The van der Waals surface area contributed by atoms with Crippen molar-refractivity contribution in [3.8, 4) is 11.1 Å². The van der Waals surface area contributed by atoms with E-state index < -0.39 is 15.2 Å². The van der Waals surface area contributed by atoms with E-state index in [1.165, 1.54) is 12.3 Å². The number of amides is 1. The van der Waals surface area contributed by atoms with Gasteiger partial charge in [-0.2, -0.15) is 0 Å². The van der Waals surface area contributed by atoms with Crippen LogP contribution in [0, 0.1) is 0 Å². The third-order valence-corrected chi connectivity index (χ3v) is 5.43. The van der Waals surface area contributed by atoms with Gasteiger partial charge in [-0.3, -0.25) is 4.79 Å². The smallest absolute Gasteiger partial charge is 0.208 e. The zero-order valence-electron chi connectivity index (χ0n) is 12.3. The summed E-state index contributed by atoms with van der Waals surface area (Å²) >= 11 is 9.53. The molecule has 0 aliphatic heterocycles. The van der Waals surface area contributed by atoms with E-state index in [0.717, 1.165) is 5.56 Å². The number of hydrogen-bond acceptors (Lipinski definition) is 5. The molecular formula is C16H15NO3S3. The molecule has 1 amide bonds. The molecule has 0 aromatic heterocycles. The molecule has 0 saturated heterocycles. The Kier molecular flexibility index (Phi) is 5.56. The first-order valence-electron chi connectivity index (χ1n) is 6.66. The third-order valence-electron chi connectivity index (χ3n) is 3.22. The van der Waals surface area contributed by atoms with Crippen molar-refractivity contribution in [1.82, 2.24) is 5.32 Å². The van der Waals surface area contributed by atoms with E-state index in [1.807, 2.05) is 30.3 Å². The number of thiol groups is 1. The Balaban J connectivity index is 2.59. The van der Waals surface area contributed by atoms with Crippen LogP contribution in [0.2, 0.25) is 0 Å². The molecule has 23 heavy (non-hydrogen) atoms. The van der Waals surface area contributed by atoms with Crippen molar-refractivity contribution in [3.63, 3.8) is 0 Å². The third kappa shape index (κ3) is 4.19. The van der Waals surface area contributed by atoms with Crippen LogP contribution in [0.1, 0.15) is 5.56 Å². The van der Waals surface area contributed by atoms with Crippen LogP contribution in [0.3, 0.4) is 0 Å². The second-order valence-electron chi connectivity index (χ2n) is 4.90. The highest BCUT2D eigenvalue weighted by molar-refractivity contribution is 7.90. The molecule has 2 aromatic rings. The molecule has 7 heteroatoms. The lowest BCUT2D eigenvalue weighted by atomic mass is 10.0. The second kappa shape index (κ2) is 7.25. The first-order valence-corrected chi connectivity index (χ1v) is 9.47. The Labute approximate surface area is 146 Å². The first-order chi connectivity index (χ1) is 10.8. The van der Waals surface area contributed by atoms with Crippen LogP contribution in [-0.4, -0.2) is 31.3 Å². The summed E-state index contributed by atoms with van der Waals surface area (Å²) in [6.07, 6.45) is 1.69. The van der Waals surface area contributed by atoms with Crippen molar-refractivity contribution in [3.05, 3.63) is 54.1 Å². The van der Waals surface area contributed by atoms with Gasteiger partial charge in [0.05, 0.1) is 9.76 Å². The van der Waals surface area contributed by atoms with E-state index in [9.17, 15) is 13.2 Å². The minimum absolute atomic E-state index is 0.231. The van der Waals surface area contributed by atoms with E-state index in [0.29, 0.717) is 22.4 Å². The first kappa shape index (κ1) is 17.7. The molecular weight excluding hydrogens is 350 g/mol. The molecule has 1 atom stereocenters. The fourth-order valence-corrected chi connectivity index (χ4v) is 3.44. The van der Waals surface area contributed by atoms with Crippen molar-refractivity contribution in [2.24, 2.45) is 0 Å². The molecule has 0 aliphatic rings. The Morgan fingerprint density at radius 1 is 1.22 bits per heavy atom. The highest BCUT2D eigenvalue weighted by Gasteiger charge is 2.18. The molecule has 0 spiro atoms. The van der Waals surface area contributed by atoms with Gasteiger partial charge >= 0.3 is 0 Å². The molecule has 0 radical (unpaired) electrons. The van der Waals surface area contributed by atoms with Crippen molar-refractivity contribution in [1.29, 1.82) is 0 Å². The Bertz CT molecular complexity index is 833. The van der Waals surface area contributed by atoms with Crippen LogP contribution in [0.4, 0.5) is 0 Å². The average molecular weight is 366 g/mol. The molecule has 4 nitrogen and oxygen atoms in total. The number of carbonyl (C=O) groups is 1. The van der Waals surface area contributed by atoms with Crippen molar-refractivity contribution < 1.29 is 13.2 Å². The van der Waals surface area contributed by atoms with Gasteiger partial charge in [-0.15, -0.1) is 12.6 Å². The molecule has 0 saturated carbocycles. The van der Waals surface area contributed by atoms with Crippen molar-refractivity contribution >= 4 is 46.0 Å². The standard InChI is InChI=1S/C16H15NO3S3/c1-23(19,20)14-8-7-12(15(21)16(22)17-10-18)9-13(14)11-5-3-2-4-6-11/h2-10,16,22H,1H3,(H,17,18). The summed E-state index contributed by atoms with van der Waals surface area (Å²) < 4.78 is 24.1. The maximum Gasteiger partial charge on any atom is 0.208 e. The maximum atomic E-state index is 12.0. The van der Waals surface area contributed by atoms with E-state index >= 15 is 0 Å². The molecule has 2 rings (SSSR count). The monoisotopic (exact) mass is 365 g/mol. The molecule has 0 fully saturated rings. The Morgan fingerprint density at radius 2 is 1.87 bits per heavy atom. The lowest BCUT2D eigenvalue weighted by molar-refractivity contribution is -0.109. The summed E-state index contributed by atoms with van der Waals surface area (Å²) in [7, 11) is -3.39. The zero-order valence-corrected chi connectivity index (χ0v) is 14.8. The molecule has 1 unspecified atom stereocenters. The summed E-state index contributed by atoms with van der Waals surface area (Å²) in [5.74, 6) is 0. The SMILES string of the molecule is CS(=O)(=O)c1ccc(C(=S)C(S)NC=O)cc1-c1ccccc1. The molecule has 2 aromatic carbocycles. The number of nitrogens with one attached hydrogen (secondary N) is 1. The molecule has 0 bridgehead atoms. The van der Waals surface area contributed by atoms with Crippen LogP contribution in [0.5, 0.6) is 0 Å². The van der Waals surface area contributed by atoms with Gasteiger partial charge < -0.3 is 5.32 Å². The van der Waals surface area contributed by atoms with E-state index in [2.05, 4.69) is 17.9 Å². The summed E-state index contributed by atoms with van der Waals surface area (Å²) in [4.78, 5) is 11.2. The second-order valence-corrected chi connectivity index (χ2v) is 7.84. The number of benzene rings is 2. The van der Waals surface area contributed by atoms with E-state index in [4.69, 9.17) is 12.2 Å². The van der Waals surface area contributed by atoms with Gasteiger partial charge in [0.2, 0.25) is 6.41 Å². The Hall–Kier alpha value is -1.70. The van der Waals surface area contributed by atoms with Gasteiger partial charge in [0.1, 0.15) is 5.37 Å². The largest absolute Gasteiger partial charge is 0.342 e. The fourth-order valence-electron chi connectivity index (χ4n) is 2.15.